The van der Waals surface area contributed by atoms with Crippen molar-refractivity contribution in [2.75, 3.05) is 11.1 Å². The largest absolute Gasteiger partial charge is 0.452 e. The van der Waals surface area contributed by atoms with Gasteiger partial charge in [-0.3, -0.25) is 9.59 Å². The van der Waals surface area contributed by atoms with Crippen molar-refractivity contribution in [2.24, 2.45) is 0 Å². The standard InChI is InChI=1S/C18H18BrNO3S/c1-12-5-3-4-6-16(12)24-11-17(21)23-13(2)18(22)20-15-9-7-14(19)8-10-15/h3-10,13H,11H2,1-2H3,(H,20,22)/t13-/m0/s1. The number of hydrogen-bond acceptors (Lipinski definition) is 4. The molecule has 0 fully saturated rings. The minimum atomic E-state index is -0.849. The second-order valence-electron chi connectivity index (χ2n) is 5.18. The van der Waals surface area contributed by atoms with E-state index in [-0.39, 0.29) is 11.7 Å². The van der Waals surface area contributed by atoms with Crippen LogP contribution in [0.25, 0.3) is 0 Å². The molecule has 1 amide bonds. The zero-order valence-electron chi connectivity index (χ0n) is 13.4. The smallest absolute Gasteiger partial charge is 0.317 e. The summed E-state index contributed by atoms with van der Waals surface area (Å²) in [6, 6.07) is 15.0. The highest BCUT2D eigenvalue weighted by Gasteiger charge is 2.18. The van der Waals surface area contributed by atoms with Gasteiger partial charge in [-0.05, 0) is 49.7 Å². The molecule has 0 aliphatic heterocycles. The van der Waals surface area contributed by atoms with Crippen LogP contribution in [0.4, 0.5) is 5.69 Å². The zero-order chi connectivity index (χ0) is 17.5. The first kappa shape index (κ1) is 18.5. The van der Waals surface area contributed by atoms with Crippen LogP contribution in [0.2, 0.25) is 0 Å². The SMILES string of the molecule is Cc1ccccc1SCC(=O)O[C@@H](C)C(=O)Nc1ccc(Br)cc1. The second-order valence-corrected chi connectivity index (χ2v) is 7.12. The Bertz CT molecular complexity index is 718. The van der Waals surface area contributed by atoms with Gasteiger partial charge in [0.05, 0.1) is 5.75 Å². The summed E-state index contributed by atoms with van der Waals surface area (Å²) in [6.07, 6.45) is -0.849. The summed E-state index contributed by atoms with van der Waals surface area (Å²) in [7, 11) is 0. The first-order valence-electron chi connectivity index (χ1n) is 7.40. The number of benzene rings is 2. The van der Waals surface area contributed by atoms with Crippen molar-refractivity contribution >= 4 is 45.3 Å². The number of carbonyl (C=O) groups excluding carboxylic acids is 2. The number of amides is 1. The number of esters is 1. The number of ether oxygens (including phenoxy) is 1. The molecule has 0 radical (unpaired) electrons. The van der Waals surface area contributed by atoms with Crippen molar-refractivity contribution in [3.8, 4) is 0 Å². The lowest BCUT2D eigenvalue weighted by atomic mass is 10.2. The topological polar surface area (TPSA) is 55.4 Å². The van der Waals surface area contributed by atoms with Gasteiger partial charge in [0.25, 0.3) is 5.91 Å². The van der Waals surface area contributed by atoms with Gasteiger partial charge in [-0.15, -0.1) is 11.8 Å². The fourth-order valence-corrected chi connectivity index (χ4v) is 2.99. The molecular formula is C18H18BrNO3S. The molecule has 1 atom stereocenters. The van der Waals surface area contributed by atoms with Crippen molar-refractivity contribution in [1.29, 1.82) is 0 Å². The van der Waals surface area contributed by atoms with E-state index in [4.69, 9.17) is 4.74 Å². The minimum Gasteiger partial charge on any atom is -0.452 e. The molecule has 2 rings (SSSR count). The predicted octanol–water partition coefficient (Wildman–Crippen LogP) is 4.42. The Morgan fingerprint density at radius 3 is 2.50 bits per heavy atom. The molecule has 0 saturated heterocycles. The normalized spacial score (nSPS) is 11.6. The van der Waals surface area contributed by atoms with E-state index in [1.807, 2.05) is 43.3 Å². The van der Waals surface area contributed by atoms with Crippen LogP contribution >= 0.6 is 27.7 Å². The Hall–Kier alpha value is -1.79. The molecular weight excluding hydrogens is 390 g/mol. The van der Waals surface area contributed by atoms with Gasteiger partial charge in [0.2, 0.25) is 0 Å². The molecule has 2 aromatic rings. The molecule has 0 aliphatic carbocycles. The van der Waals surface area contributed by atoms with Crippen molar-refractivity contribution < 1.29 is 14.3 Å². The van der Waals surface area contributed by atoms with Crippen molar-refractivity contribution in [3.05, 3.63) is 58.6 Å². The Morgan fingerprint density at radius 1 is 1.17 bits per heavy atom. The molecule has 2 aromatic carbocycles. The molecule has 0 aliphatic rings. The highest BCUT2D eigenvalue weighted by molar-refractivity contribution is 9.10. The molecule has 6 heteroatoms. The molecule has 1 N–H and O–H groups in total. The van der Waals surface area contributed by atoms with E-state index in [0.717, 1.165) is 14.9 Å². The molecule has 0 aromatic heterocycles. The van der Waals surface area contributed by atoms with Gasteiger partial charge in [0, 0.05) is 15.1 Å². The number of thioether (sulfide) groups is 1. The van der Waals surface area contributed by atoms with E-state index < -0.39 is 12.1 Å². The quantitative estimate of drug-likeness (QED) is 0.568. The summed E-state index contributed by atoms with van der Waals surface area (Å²) >= 11 is 4.73. The Kier molecular flexibility index (Phi) is 6.87. The van der Waals surface area contributed by atoms with Gasteiger partial charge in [-0.1, -0.05) is 34.1 Å². The number of hydrogen-bond donors (Lipinski definition) is 1. The average molecular weight is 408 g/mol. The number of carbonyl (C=O) groups is 2. The lowest BCUT2D eigenvalue weighted by Gasteiger charge is -2.13. The van der Waals surface area contributed by atoms with Crippen LogP contribution in [0.15, 0.2) is 57.9 Å². The second kappa shape index (κ2) is 8.89. The van der Waals surface area contributed by atoms with Gasteiger partial charge in [-0.2, -0.15) is 0 Å². The number of anilines is 1. The van der Waals surface area contributed by atoms with Crippen LogP contribution in [0, 0.1) is 6.92 Å². The average Bonchev–Trinajstić information content (AvgIpc) is 2.56. The predicted molar refractivity (Wildman–Crippen MR) is 100 cm³/mol. The van der Waals surface area contributed by atoms with Crippen LogP contribution in [0.3, 0.4) is 0 Å². The minimum absolute atomic E-state index is 0.167. The van der Waals surface area contributed by atoms with E-state index in [1.165, 1.54) is 11.8 Å². The number of halogens is 1. The summed E-state index contributed by atoms with van der Waals surface area (Å²) in [4.78, 5) is 25.0. The fraction of sp³-hybridized carbons (Fsp3) is 0.222. The summed E-state index contributed by atoms with van der Waals surface area (Å²) in [5.41, 5.74) is 1.76. The van der Waals surface area contributed by atoms with Crippen LogP contribution in [-0.2, 0) is 14.3 Å². The maximum absolute atomic E-state index is 12.1. The molecule has 24 heavy (non-hydrogen) atoms. The first-order chi connectivity index (χ1) is 11.5. The third-order valence-corrected chi connectivity index (χ3v) is 4.91. The van der Waals surface area contributed by atoms with Crippen molar-refractivity contribution in [2.45, 2.75) is 24.8 Å². The van der Waals surface area contributed by atoms with Crippen LogP contribution in [-0.4, -0.2) is 23.7 Å². The number of nitrogens with one attached hydrogen (secondary N) is 1. The molecule has 0 saturated carbocycles. The Labute approximate surface area is 154 Å². The summed E-state index contributed by atoms with van der Waals surface area (Å²) in [5, 5.41) is 2.71. The monoisotopic (exact) mass is 407 g/mol. The number of aryl methyl sites for hydroxylation is 1. The third kappa shape index (κ3) is 5.69. The van der Waals surface area contributed by atoms with E-state index in [9.17, 15) is 9.59 Å². The molecule has 0 spiro atoms. The highest BCUT2D eigenvalue weighted by Crippen LogP contribution is 2.22. The van der Waals surface area contributed by atoms with Gasteiger partial charge in [0.15, 0.2) is 6.10 Å². The molecule has 0 unspecified atom stereocenters. The molecule has 0 bridgehead atoms. The van der Waals surface area contributed by atoms with Crippen LogP contribution in [0.1, 0.15) is 12.5 Å². The lowest BCUT2D eigenvalue weighted by Crippen LogP contribution is -2.30. The van der Waals surface area contributed by atoms with Crippen molar-refractivity contribution in [3.63, 3.8) is 0 Å². The van der Waals surface area contributed by atoms with Crippen LogP contribution in [0.5, 0.6) is 0 Å². The van der Waals surface area contributed by atoms with Gasteiger partial charge < -0.3 is 10.1 Å². The third-order valence-electron chi connectivity index (χ3n) is 3.23. The molecule has 4 nitrogen and oxygen atoms in total. The maximum Gasteiger partial charge on any atom is 0.317 e. The Balaban J connectivity index is 1.81. The summed E-state index contributed by atoms with van der Waals surface area (Å²) in [5.74, 6) is -0.603. The molecule has 126 valence electrons. The van der Waals surface area contributed by atoms with E-state index in [0.29, 0.717) is 5.69 Å². The van der Waals surface area contributed by atoms with Gasteiger partial charge in [-0.25, -0.2) is 0 Å². The highest BCUT2D eigenvalue weighted by atomic mass is 79.9. The van der Waals surface area contributed by atoms with E-state index >= 15 is 0 Å². The first-order valence-corrected chi connectivity index (χ1v) is 9.18. The zero-order valence-corrected chi connectivity index (χ0v) is 15.8. The van der Waals surface area contributed by atoms with Crippen molar-refractivity contribution in [1.82, 2.24) is 0 Å². The van der Waals surface area contributed by atoms with Gasteiger partial charge >= 0.3 is 5.97 Å². The molecule has 0 heterocycles. The summed E-state index contributed by atoms with van der Waals surface area (Å²) < 4.78 is 6.11. The summed E-state index contributed by atoms with van der Waals surface area (Å²) in [6.45, 7) is 3.55. The fourth-order valence-electron chi connectivity index (χ4n) is 1.92. The van der Waals surface area contributed by atoms with Gasteiger partial charge in [0.1, 0.15) is 0 Å². The number of rotatable bonds is 6. The lowest BCUT2D eigenvalue weighted by molar-refractivity contribution is -0.150. The Morgan fingerprint density at radius 2 is 1.83 bits per heavy atom. The van der Waals surface area contributed by atoms with E-state index in [2.05, 4.69) is 21.2 Å². The van der Waals surface area contributed by atoms with E-state index in [1.54, 1.807) is 19.1 Å². The van der Waals surface area contributed by atoms with Crippen LogP contribution < -0.4 is 5.32 Å². The maximum atomic E-state index is 12.1.